The van der Waals surface area contributed by atoms with Crippen molar-refractivity contribution in [3.8, 4) is 0 Å². The van der Waals surface area contributed by atoms with Gasteiger partial charge in [0.25, 0.3) is 0 Å². The molecule has 26 heavy (non-hydrogen) atoms. The molecule has 0 saturated carbocycles. The molecular weight excluding hydrogens is 339 g/mol. The van der Waals surface area contributed by atoms with Gasteiger partial charge in [0, 0.05) is 18.7 Å². The second-order valence-electron chi connectivity index (χ2n) is 6.38. The van der Waals surface area contributed by atoms with Gasteiger partial charge >= 0.3 is 0 Å². The Kier molecular flexibility index (Phi) is 6.57. The summed E-state index contributed by atoms with van der Waals surface area (Å²) in [5, 5.41) is 13.1. The van der Waals surface area contributed by atoms with Gasteiger partial charge in [-0.1, -0.05) is 97.9 Å². The third-order valence-electron chi connectivity index (χ3n) is 4.68. The molecule has 0 aromatic heterocycles. The van der Waals surface area contributed by atoms with Crippen molar-refractivity contribution in [1.29, 1.82) is 0 Å². The van der Waals surface area contributed by atoms with Crippen molar-refractivity contribution in [3.63, 3.8) is 0 Å². The predicted molar refractivity (Wildman–Crippen MR) is 110 cm³/mol. The minimum atomic E-state index is -0.808. The third kappa shape index (κ3) is 4.22. The molecule has 3 aromatic carbocycles. The van der Waals surface area contributed by atoms with Gasteiger partial charge in [0.05, 0.1) is 0 Å². The van der Waals surface area contributed by atoms with Crippen molar-refractivity contribution in [1.82, 2.24) is 0 Å². The SMILES string of the molecule is COC(O)C(C)C(c1ccccc1)P(c1ccccc1)c1ccccc1. The molecule has 3 atom stereocenters. The summed E-state index contributed by atoms with van der Waals surface area (Å²) in [6, 6.07) is 31.7. The molecule has 0 fully saturated rings. The van der Waals surface area contributed by atoms with E-state index < -0.39 is 14.2 Å². The van der Waals surface area contributed by atoms with Crippen LogP contribution in [0.4, 0.5) is 0 Å². The summed E-state index contributed by atoms with van der Waals surface area (Å²) in [6.07, 6.45) is -0.808. The maximum absolute atomic E-state index is 10.5. The molecule has 0 aliphatic carbocycles. The second-order valence-corrected chi connectivity index (χ2v) is 8.71. The molecule has 0 saturated heterocycles. The van der Waals surface area contributed by atoms with Crippen LogP contribution in [-0.4, -0.2) is 18.5 Å². The van der Waals surface area contributed by atoms with E-state index in [0.717, 1.165) is 0 Å². The van der Waals surface area contributed by atoms with Gasteiger partial charge in [0.2, 0.25) is 0 Å². The summed E-state index contributed by atoms with van der Waals surface area (Å²) in [4.78, 5) is 0. The van der Waals surface area contributed by atoms with Crippen molar-refractivity contribution in [2.24, 2.45) is 5.92 Å². The first kappa shape index (κ1) is 18.8. The molecule has 0 bridgehead atoms. The van der Waals surface area contributed by atoms with Crippen LogP contribution in [-0.2, 0) is 4.74 Å². The molecule has 3 unspecified atom stereocenters. The Labute approximate surface area is 157 Å². The average Bonchev–Trinajstić information content (AvgIpc) is 2.72. The van der Waals surface area contributed by atoms with Gasteiger partial charge in [-0.05, 0) is 24.1 Å². The largest absolute Gasteiger partial charge is 0.368 e. The first-order valence-electron chi connectivity index (χ1n) is 8.87. The summed E-state index contributed by atoms with van der Waals surface area (Å²) in [5.41, 5.74) is 1.38. The average molecular weight is 364 g/mol. The Morgan fingerprint density at radius 2 is 1.15 bits per heavy atom. The molecule has 0 spiro atoms. The topological polar surface area (TPSA) is 29.5 Å². The molecule has 1 N–H and O–H groups in total. The highest BCUT2D eigenvalue weighted by Crippen LogP contribution is 2.54. The molecule has 0 aliphatic rings. The lowest BCUT2D eigenvalue weighted by atomic mass is 10.00. The van der Waals surface area contributed by atoms with Crippen LogP contribution in [0.25, 0.3) is 0 Å². The van der Waals surface area contributed by atoms with E-state index in [1.165, 1.54) is 16.2 Å². The summed E-state index contributed by atoms with van der Waals surface area (Å²) < 4.78 is 5.30. The number of aliphatic hydroxyl groups is 1. The van der Waals surface area contributed by atoms with Gasteiger partial charge in [-0.15, -0.1) is 0 Å². The lowest BCUT2D eigenvalue weighted by Crippen LogP contribution is -2.29. The molecule has 0 heterocycles. The fourth-order valence-electron chi connectivity index (χ4n) is 3.36. The third-order valence-corrected chi connectivity index (χ3v) is 7.71. The minimum absolute atomic E-state index is 0.0473. The van der Waals surface area contributed by atoms with E-state index in [0.29, 0.717) is 0 Å². The quantitative estimate of drug-likeness (QED) is 0.495. The number of benzene rings is 3. The van der Waals surface area contributed by atoms with E-state index >= 15 is 0 Å². The van der Waals surface area contributed by atoms with Crippen LogP contribution in [0.3, 0.4) is 0 Å². The molecule has 3 rings (SSSR count). The Morgan fingerprint density at radius 3 is 1.58 bits per heavy atom. The Hall–Kier alpha value is -1.99. The van der Waals surface area contributed by atoms with E-state index in [1.807, 2.05) is 18.2 Å². The van der Waals surface area contributed by atoms with Gasteiger partial charge in [0.15, 0.2) is 6.29 Å². The number of hydrogen-bond donors (Lipinski definition) is 1. The molecule has 3 aromatic rings. The van der Waals surface area contributed by atoms with Crippen LogP contribution >= 0.6 is 7.92 Å². The van der Waals surface area contributed by atoms with Gasteiger partial charge in [-0.25, -0.2) is 0 Å². The molecule has 0 radical (unpaired) electrons. The predicted octanol–water partition coefficient (Wildman–Crippen LogP) is 4.46. The van der Waals surface area contributed by atoms with Crippen molar-refractivity contribution in [3.05, 3.63) is 96.6 Å². The summed E-state index contributed by atoms with van der Waals surface area (Å²) in [5.74, 6) is -0.0473. The van der Waals surface area contributed by atoms with Crippen molar-refractivity contribution >= 4 is 18.5 Å². The highest BCUT2D eigenvalue weighted by molar-refractivity contribution is 7.73. The highest BCUT2D eigenvalue weighted by atomic mass is 31.1. The number of methoxy groups -OCH3 is 1. The monoisotopic (exact) mass is 364 g/mol. The summed E-state index contributed by atoms with van der Waals surface area (Å²) in [7, 11) is 0.858. The molecule has 3 heteroatoms. The zero-order valence-electron chi connectivity index (χ0n) is 15.2. The maximum atomic E-state index is 10.5. The van der Waals surface area contributed by atoms with E-state index in [1.54, 1.807) is 7.11 Å². The molecule has 0 aliphatic heterocycles. The van der Waals surface area contributed by atoms with Gasteiger partial charge in [-0.2, -0.15) is 0 Å². The van der Waals surface area contributed by atoms with Crippen molar-refractivity contribution in [2.75, 3.05) is 7.11 Å². The lowest BCUT2D eigenvalue weighted by molar-refractivity contribution is -0.108. The van der Waals surface area contributed by atoms with Crippen LogP contribution in [0.2, 0.25) is 0 Å². The Balaban J connectivity index is 2.16. The molecule has 2 nitrogen and oxygen atoms in total. The maximum Gasteiger partial charge on any atom is 0.157 e. The van der Waals surface area contributed by atoms with Gasteiger partial charge in [-0.3, -0.25) is 0 Å². The van der Waals surface area contributed by atoms with Crippen molar-refractivity contribution < 1.29 is 9.84 Å². The first-order valence-corrected chi connectivity index (χ1v) is 10.3. The summed E-state index contributed by atoms with van der Waals surface area (Å²) >= 11 is 0. The lowest BCUT2D eigenvalue weighted by Gasteiger charge is -2.35. The zero-order valence-corrected chi connectivity index (χ0v) is 16.1. The molecule has 0 amide bonds. The fourth-order valence-corrected chi connectivity index (χ4v) is 6.37. The zero-order chi connectivity index (χ0) is 18.4. The molecular formula is C23H25O2P. The number of rotatable bonds is 7. The van der Waals surface area contributed by atoms with E-state index in [4.69, 9.17) is 4.74 Å². The fraction of sp³-hybridized carbons (Fsp3) is 0.217. The smallest absolute Gasteiger partial charge is 0.157 e. The Bertz CT molecular complexity index is 738. The molecule has 134 valence electrons. The number of aliphatic hydroxyl groups excluding tert-OH is 1. The van der Waals surface area contributed by atoms with Crippen LogP contribution in [0.15, 0.2) is 91.0 Å². The van der Waals surface area contributed by atoms with Crippen LogP contribution in [0, 0.1) is 5.92 Å². The van der Waals surface area contributed by atoms with Crippen LogP contribution in [0.1, 0.15) is 18.1 Å². The van der Waals surface area contributed by atoms with E-state index in [9.17, 15) is 5.11 Å². The highest BCUT2D eigenvalue weighted by Gasteiger charge is 2.34. The number of hydrogen-bond acceptors (Lipinski definition) is 2. The Morgan fingerprint density at radius 1 is 0.731 bits per heavy atom. The first-order chi connectivity index (χ1) is 12.7. The van der Waals surface area contributed by atoms with E-state index in [2.05, 4.69) is 79.7 Å². The second kappa shape index (κ2) is 9.09. The van der Waals surface area contributed by atoms with Crippen LogP contribution in [0.5, 0.6) is 0 Å². The standard InChI is InChI=1S/C23H25O2P/c1-18(23(24)25-2)22(19-12-6-3-7-13-19)26(20-14-8-4-9-15-20)21-16-10-5-11-17-21/h3-18,22-24H,1-2H3. The van der Waals surface area contributed by atoms with Crippen molar-refractivity contribution in [2.45, 2.75) is 18.9 Å². The summed E-state index contributed by atoms with van der Waals surface area (Å²) in [6.45, 7) is 2.08. The van der Waals surface area contributed by atoms with E-state index in [-0.39, 0.29) is 11.6 Å². The van der Waals surface area contributed by atoms with Gasteiger partial charge < -0.3 is 9.84 Å². The minimum Gasteiger partial charge on any atom is -0.368 e. The van der Waals surface area contributed by atoms with Gasteiger partial charge in [0.1, 0.15) is 0 Å². The normalized spacial score (nSPS) is 14.8. The van der Waals surface area contributed by atoms with Crippen LogP contribution < -0.4 is 10.6 Å². The number of ether oxygens (including phenoxy) is 1.